The number of amides is 1. The van der Waals surface area contributed by atoms with Crippen molar-refractivity contribution in [1.82, 2.24) is 4.72 Å². The quantitative estimate of drug-likeness (QED) is 0.618. The van der Waals surface area contributed by atoms with Crippen LogP contribution in [0.4, 0.5) is 5.69 Å². The van der Waals surface area contributed by atoms with Crippen molar-refractivity contribution in [2.45, 2.75) is 24.3 Å². The number of hydrogen-bond acceptors (Lipinski definition) is 5. The number of rotatable bonds is 9. The molecule has 152 valence electrons. The summed E-state index contributed by atoms with van der Waals surface area (Å²) in [5.74, 6) is 0.732. The topological polar surface area (TPSA) is 84.5 Å². The second-order valence-corrected chi connectivity index (χ2v) is 9.19. The maximum atomic E-state index is 12.7. The second-order valence-electron chi connectivity index (χ2n) is 6.08. The summed E-state index contributed by atoms with van der Waals surface area (Å²) in [4.78, 5) is 12.8. The molecule has 6 nitrogen and oxygen atoms in total. The minimum atomic E-state index is -3.87. The van der Waals surface area contributed by atoms with Gasteiger partial charge in [-0.15, -0.1) is 0 Å². The van der Waals surface area contributed by atoms with E-state index in [2.05, 4.69) is 10.0 Å². The lowest BCUT2D eigenvalue weighted by Gasteiger charge is -2.18. The predicted molar refractivity (Wildman–Crippen MR) is 115 cm³/mol. The van der Waals surface area contributed by atoms with Crippen LogP contribution in [0.3, 0.4) is 0 Å². The van der Waals surface area contributed by atoms with E-state index >= 15 is 0 Å². The Morgan fingerprint density at radius 1 is 1.21 bits per heavy atom. The van der Waals surface area contributed by atoms with Gasteiger partial charge in [-0.05, 0) is 67.3 Å². The molecule has 1 atom stereocenters. The molecule has 0 fully saturated rings. The second kappa shape index (κ2) is 10.2. The smallest absolute Gasteiger partial charge is 0.242 e. The van der Waals surface area contributed by atoms with Crippen molar-refractivity contribution in [3.63, 3.8) is 0 Å². The van der Waals surface area contributed by atoms with E-state index in [9.17, 15) is 13.2 Å². The van der Waals surface area contributed by atoms with Crippen molar-refractivity contribution in [3.05, 3.63) is 53.1 Å². The highest BCUT2D eigenvalue weighted by Gasteiger charge is 2.25. The molecule has 0 aliphatic carbocycles. The molecule has 28 heavy (non-hydrogen) atoms. The summed E-state index contributed by atoms with van der Waals surface area (Å²) in [6.07, 6.45) is 2.24. The predicted octanol–water partition coefficient (Wildman–Crippen LogP) is 3.70. The maximum absolute atomic E-state index is 12.7. The molecule has 2 aromatic rings. The zero-order valence-corrected chi connectivity index (χ0v) is 18.2. The number of nitrogens with one attached hydrogen (secondary N) is 2. The first-order valence-corrected chi connectivity index (χ1v) is 11.7. The van der Waals surface area contributed by atoms with Gasteiger partial charge in [-0.2, -0.15) is 16.5 Å². The first kappa shape index (κ1) is 22.5. The number of ether oxygens (including phenoxy) is 1. The van der Waals surface area contributed by atoms with Crippen LogP contribution in [0.2, 0.25) is 5.02 Å². The third kappa shape index (κ3) is 6.13. The van der Waals surface area contributed by atoms with Crippen LogP contribution in [0, 0.1) is 6.92 Å². The molecule has 0 bridgehead atoms. The number of hydrogen-bond donors (Lipinski definition) is 2. The summed E-state index contributed by atoms with van der Waals surface area (Å²) in [6.45, 7) is 1.86. The molecule has 0 spiro atoms. The van der Waals surface area contributed by atoms with Crippen molar-refractivity contribution in [2.75, 3.05) is 24.4 Å². The molecule has 2 aromatic carbocycles. The minimum absolute atomic E-state index is 0.0635. The van der Waals surface area contributed by atoms with E-state index in [1.54, 1.807) is 30.3 Å². The van der Waals surface area contributed by atoms with E-state index < -0.39 is 22.0 Å². The van der Waals surface area contributed by atoms with E-state index in [1.807, 2.05) is 13.2 Å². The van der Waals surface area contributed by atoms with Gasteiger partial charge in [0.25, 0.3) is 0 Å². The largest absolute Gasteiger partial charge is 0.497 e. The average Bonchev–Trinajstić information content (AvgIpc) is 2.68. The molecule has 0 heterocycles. The normalized spacial score (nSPS) is 12.4. The number of methoxy groups -OCH3 is 1. The summed E-state index contributed by atoms with van der Waals surface area (Å²) in [5, 5.41) is 3.26. The number of carbonyl (C=O) groups excluding carboxylic acids is 1. The van der Waals surface area contributed by atoms with E-state index in [4.69, 9.17) is 16.3 Å². The summed E-state index contributed by atoms with van der Waals surface area (Å²) in [6, 6.07) is 10.2. The summed E-state index contributed by atoms with van der Waals surface area (Å²) < 4.78 is 32.9. The summed E-state index contributed by atoms with van der Waals surface area (Å²) in [5.41, 5.74) is 1.40. The van der Waals surface area contributed by atoms with Crippen molar-refractivity contribution in [3.8, 4) is 5.75 Å². The third-order valence-corrected chi connectivity index (χ3v) is 6.57. The number of aryl methyl sites for hydroxylation is 1. The molecule has 0 aromatic heterocycles. The van der Waals surface area contributed by atoms with Crippen LogP contribution >= 0.6 is 23.4 Å². The maximum Gasteiger partial charge on any atom is 0.242 e. The molecule has 1 amide bonds. The van der Waals surface area contributed by atoms with E-state index in [-0.39, 0.29) is 4.90 Å². The van der Waals surface area contributed by atoms with Crippen molar-refractivity contribution in [2.24, 2.45) is 0 Å². The van der Waals surface area contributed by atoms with E-state index in [1.165, 1.54) is 31.0 Å². The number of thioether (sulfide) groups is 1. The fraction of sp³-hybridized carbons (Fsp3) is 0.316. The van der Waals surface area contributed by atoms with Gasteiger partial charge < -0.3 is 10.1 Å². The molecule has 2 N–H and O–H groups in total. The minimum Gasteiger partial charge on any atom is -0.497 e. The van der Waals surface area contributed by atoms with Gasteiger partial charge in [0, 0.05) is 10.7 Å². The monoisotopic (exact) mass is 442 g/mol. The molecule has 9 heteroatoms. The molecule has 0 unspecified atom stereocenters. The zero-order valence-electron chi connectivity index (χ0n) is 15.9. The summed E-state index contributed by atoms with van der Waals surface area (Å²) in [7, 11) is -2.37. The Morgan fingerprint density at radius 3 is 2.46 bits per heavy atom. The average molecular weight is 443 g/mol. The molecular weight excluding hydrogens is 420 g/mol. The van der Waals surface area contributed by atoms with Crippen LogP contribution in [0.5, 0.6) is 5.75 Å². The first-order chi connectivity index (χ1) is 13.3. The van der Waals surface area contributed by atoms with Gasteiger partial charge in [0.2, 0.25) is 15.9 Å². The fourth-order valence-electron chi connectivity index (χ4n) is 2.39. The molecule has 0 aliphatic rings. The van der Waals surface area contributed by atoms with Crippen molar-refractivity contribution >= 4 is 45.0 Å². The Kier molecular flexibility index (Phi) is 8.18. The number of halogens is 1. The number of anilines is 1. The van der Waals surface area contributed by atoms with Gasteiger partial charge in [0.1, 0.15) is 11.8 Å². The van der Waals surface area contributed by atoms with Crippen molar-refractivity contribution in [1.29, 1.82) is 0 Å². The molecule has 0 saturated heterocycles. The number of carbonyl (C=O) groups is 1. The lowest BCUT2D eigenvalue weighted by atomic mass is 10.2. The van der Waals surface area contributed by atoms with Crippen LogP contribution in [-0.2, 0) is 14.8 Å². The standard InChI is InChI=1S/C19H23ClN2O4S2/c1-13-4-5-14(12-17(13)20)21-19(23)18(10-11-27-3)22-28(24,25)16-8-6-15(26-2)7-9-16/h4-9,12,18,22H,10-11H2,1-3H3,(H,21,23)/t18-/m1/s1. The Hall–Kier alpha value is -1.74. The first-order valence-electron chi connectivity index (χ1n) is 8.49. The zero-order chi connectivity index (χ0) is 20.7. The van der Waals surface area contributed by atoms with Crippen molar-refractivity contribution < 1.29 is 17.9 Å². The van der Waals surface area contributed by atoms with Gasteiger partial charge in [-0.25, -0.2) is 8.42 Å². The Bertz CT molecular complexity index is 918. The van der Waals surface area contributed by atoms with Gasteiger partial charge >= 0.3 is 0 Å². The van der Waals surface area contributed by atoms with Crippen LogP contribution in [0.1, 0.15) is 12.0 Å². The van der Waals surface area contributed by atoms with Gasteiger partial charge in [0.05, 0.1) is 12.0 Å². The highest BCUT2D eigenvalue weighted by molar-refractivity contribution is 7.98. The van der Waals surface area contributed by atoms with Crippen LogP contribution in [0.25, 0.3) is 0 Å². The van der Waals surface area contributed by atoms with Crippen LogP contribution < -0.4 is 14.8 Å². The lowest BCUT2D eigenvalue weighted by Crippen LogP contribution is -2.44. The molecular formula is C19H23ClN2O4S2. The Morgan fingerprint density at radius 2 is 1.89 bits per heavy atom. The van der Waals surface area contributed by atoms with Crippen LogP contribution in [-0.4, -0.2) is 39.5 Å². The molecule has 0 saturated carbocycles. The van der Waals surface area contributed by atoms with E-state index in [0.717, 1.165) is 5.56 Å². The van der Waals surface area contributed by atoms with E-state index in [0.29, 0.717) is 28.6 Å². The molecule has 0 aliphatic heterocycles. The fourth-order valence-corrected chi connectivity index (χ4v) is 4.27. The SMILES string of the molecule is COc1ccc(S(=O)(=O)N[C@H](CCSC)C(=O)Nc2ccc(C)c(Cl)c2)cc1. The molecule has 2 rings (SSSR count). The Balaban J connectivity index is 2.18. The number of sulfonamides is 1. The highest BCUT2D eigenvalue weighted by Crippen LogP contribution is 2.21. The number of benzene rings is 2. The third-order valence-electron chi connectivity index (χ3n) is 4.03. The van der Waals surface area contributed by atoms with Gasteiger partial charge in [-0.1, -0.05) is 17.7 Å². The summed E-state index contributed by atoms with van der Waals surface area (Å²) >= 11 is 7.63. The highest BCUT2D eigenvalue weighted by atomic mass is 35.5. The molecule has 0 radical (unpaired) electrons. The van der Waals surface area contributed by atoms with Gasteiger partial charge in [-0.3, -0.25) is 4.79 Å². The van der Waals surface area contributed by atoms with Crippen LogP contribution in [0.15, 0.2) is 47.4 Å². The lowest BCUT2D eigenvalue weighted by molar-refractivity contribution is -0.117. The van der Waals surface area contributed by atoms with Gasteiger partial charge in [0.15, 0.2) is 0 Å². The Labute approximate surface area is 175 Å².